The molecule has 5 atom stereocenters. The number of ether oxygens (including phenoxy) is 5. The van der Waals surface area contributed by atoms with Crippen LogP contribution in [0.5, 0.6) is 0 Å². The van der Waals surface area contributed by atoms with Crippen molar-refractivity contribution in [3.63, 3.8) is 0 Å². The Morgan fingerprint density at radius 1 is 1.00 bits per heavy atom. The predicted octanol–water partition coefficient (Wildman–Crippen LogP) is 3.57. The van der Waals surface area contributed by atoms with Crippen LogP contribution in [0, 0.1) is 0 Å². The minimum Gasteiger partial charge on any atom is -0.467 e. The van der Waals surface area contributed by atoms with Gasteiger partial charge in [-0.3, -0.25) is 0 Å². The lowest BCUT2D eigenvalue weighted by Crippen LogP contribution is -2.62. The average molecular weight is 471 g/mol. The average Bonchev–Trinajstić information content (AvgIpc) is 2.81. The smallest absolute Gasteiger partial charge is 0.337 e. The third-order valence-electron chi connectivity index (χ3n) is 5.19. The highest BCUT2D eigenvalue weighted by atomic mass is 32.2. The molecule has 0 bridgehead atoms. The van der Waals surface area contributed by atoms with E-state index in [9.17, 15) is 9.90 Å². The first-order chi connectivity index (χ1) is 15.6. The fourth-order valence-electron chi connectivity index (χ4n) is 3.34. The highest BCUT2D eigenvalue weighted by Crippen LogP contribution is 2.28. The Morgan fingerprint density at radius 2 is 1.66 bits per heavy atom. The van der Waals surface area contributed by atoms with Gasteiger partial charge >= 0.3 is 5.97 Å². The van der Waals surface area contributed by atoms with E-state index < -0.39 is 36.7 Å². The van der Waals surface area contributed by atoms with E-state index in [4.69, 9.17) is 23.7 Å². The number of unbranched alkanes of at least 4 members (excludes halogenated alkanes) is 2. The Hall–Kier alpha value is -1.16. The van der Waals surface area contributed by atoms with Crippen LogP contribution in [0.15, 0.2) is 30.3 Å². The molecule has 1 aromatic carbocycles. The van der Waals surface area contributed by atoms with Gasteiger partial charge in [0.2, 0.25) is 0 Å². The van der Waals surface area contributed by atoms with E-state index >= 15 is 0 Å². The molecule has 7 nitrogen and oxygen atoms in total. The second-order valence-electron chi connectivity index (χ2n) is 7.73. The Kier molecular flexibility index (Phi) is 13.2. The van der Waals surface area contributed by atoms with Gasteiger partial charge in [0.1, 0.15) is 18.3 Å². The third-order valence-corrected chi connectivity index (χ3v) is 6.18. The predicted molar refractivity (Wildman–Crippen MR) is 125 cm³/mol. The van der Waals surface area contributed by atoms with Gasteiger partial charge in [0.25, 0.3) is 0 Å². The summed E-state index contributed by atoms with van der Waals surface area (Å²) in [6, 6.07) is 10.2. The zero-order valence-electron chi connectivity index (χ0n) is 19.4. The van der Waals surface area contributed by atoms with Gasteiger partial charge < -0.3 is 28.8 Å². The molecule has 0 radical (unpaired) electrons. The number of carbonyl (C=O) groups excluding carboxylic acids is 1. The molecule has 0 aromatic heterocycles. The lowest BCUT2D eigenvalue weighted by molar-refractivity contribution is -0.308. The summed E-state index contributed by atoms with van der Waals surface area (Å²) in [7, 11) is 1.29. The molecule has 182 valence electrons. The van der Waals surface area contributed by atoms with E-state index in [1.807, 2.05) is 25.1 Å². The van der Waals surface area contributed by atoms with E-state index in [1.165, 1.54) is 12.7 Å². The number of thioether (sulfide) groups is 1. The third kappa shape index (κ3) is 8.65. The standard InChI is InChI=1S/C24H38O7S/c1-4-6-13-28-20-19(25)21(29-14-7-5-2)24(31-22(20)23(26)27-3)30-15-16-32-17-18-11-9-8-10-12-18/h8-12,19-22,24-25H,4-7,13-17H2,1-3H3/t19?,20-,21+,22?,24+/m1/s1. The van der Waals surface area contributed by atoms with Crippen LogP contribution in [-0.4, -0.2) is 74.5 Å². The molecule has 1 aromatic rings. The summed E-state index contributed by atoms with van der Waals surface area (Å²) in [6.07, 6.45) is -1.05. The number of hydrogen-bond donors (Lipinski definition) is 1. The summed E-state index contributed by atoms with van der Waals surface area (Å²) in [4.78, 5) is 12.4. The number of rotatable bonds is 15. The molecular weight excluding hydrogens is 432 g/mol. The van der Waals surface area contributed by atoms with Crippen LogP contribution < -0.4 is 0 Å². The van der Waals surface area contributed by atoms with Crippen molar-refractivity contribution >= 4 is 17.7 Å². The van der Waals surface area contributed by atoms with Crippen molar-refractivity contribution in [1.29, 1.82) is 0 Å². The molecule has 2 rings (SSSR count). The van der Waals surface area contributed by atoms with Gasteiger partial charge in [0.05, 0.1) is 13.7 Å². The van der Waals surface area contributed by atoms with Crippen LogP contribution in [0.25, 0.3) is 0 Å². The van der Waals surface area contributed by atoms with Crippen molar-refractivity contribution in [2.24, 2.45) is 0 Å². The zero-order valence-corrected chi connectivity index (χ0v) is 20.3. The van der Waals surface area contributed by atoms with Gasteiger partial charge in [-0.15, -0.1) is 0 Å². The fraction of sp³-hybridized carbons (Fsp3) is 0.708. The van der Waals surface area contributed by atoms with Crippen molar-refractivity contribution in [3.05, 3.63) is 35.9 Å². The Morgan fingerprint density at radius 3 is 2.28 bits per heavy atom. The molecule has 0 aliphatic carbocycles. The van der Waals surface area contributed by atoms with E-state index in [0.717, 1.165) is 37.2 Å². The van der Waals surface area contributed by atoms with E-state index in [-0.39, 0.29) is 0 Å². The number of aliphatic hydroxyl groups excluding tert-OH is 1. The molecule has 1 saturated heterocycles. The van der Waals surface area contributed by atoms with Gasteiger partial charge in [-0.2, -0.15) is 11.8 Å². The molecule has 0 saturated carbocycles. The van der Waals surface area contributed by atoms with Crippen LogP contribution >= 0.6 is 11.8 Å². The molecule has 1 aliphatic rings. The monoisotopic (exact) mass is 470 g/mol. The van der Waals surface area contributed by atoms with Crippen molar-refractivity contribution in [2.45, 2.75) is 76.0 Å². The second-order valence-corrected chi connectivity index (χ2v) is 8.83. The van der Waals surface area contributed by atoms with Gasteiger partial charge in [-0.05, 0) is 18.4 Å². The maximum absolute atomic E-state index is 12.4. The molecule has 1 heterocycles. The lowest BCUT2D eigenvalue weighted by atomic mass is 9.98. The first-order valence-electron chi connectivity index (χ1n) is 11.5. The van der Waals surface area contributed by atoms with E-state index in [2.05, 4.69) is 19.1 Å². The molecule has 1 N–H and O–H groups in total. The number of aliphatic hydroxyl groups is 1. The summed E-state index contributed by atoms with van der Waals surface area (Å²) < 4.78 is 28.5. The number of benzene rings is 1. The maximum Gasteiger partial charge on any atom is 0.337 e. The van der Waals surface area contributed by atoms with Crippen molar-refractivity contribution < 1.29 is 33.6 Å². The SMILES string of the molecule is CCCCO[C@H]1C(C(=O)OC)O[C@H](OCCSCc2ccccc2)[C@@H](OCCCC)C1O. The van der Waals surface area contributed by atoms with Gasteiger partial charge in [-0.1, -0.05) is 57.0 Å². The van der Waals surface area contributed by atoms with E-state index in [1.54, 1.807) is 11.8 Å². The number of carbonyl (C=O) groups is 1. The summed E-state index contributed by atoms with van der Waals surface area (Å²) in [6.45, 7) is 5.40. The summed E-state index contributed by atoms with van der Waals surface area (Å²) in [5.74, 6) is 1.03. The molecule has 2 unspecified atom stereocenters. The van der Waals surface area contributed by atoms with E-state index in [0.29, 0.717) is 19.8 Å². The van der Waals surface area contributed by atoms with Crippen molar-refractivity contribution in [3.8, 4) is 0 Å². The molecule has 8 heteroatoms. The van der Waals surface area contributed by atoms with Gasteiger partial charge in [0.15, 0.2) is 12.4 Å². The minimum atomic E-state index is -1.07. The Bertz CT molecular complexity index is 630. The maximum atomic E-state index is 12.4. The fourth-order valence-corrected chi connectivity index (χ4v) is 4.13. The van der Waals surface area contributed by atoms with Crippen molar-refractivity contribution in [2.75, 3.05) is 32.7 Å². The summed E-state index contributed by atoms with van der Waals surface area (Å²) in [5, 5.41) is 11.0. The molecule has 32 heavy (non-hydrogen) atoms. The Labute approximate surface area is 196 Å². The highest BCUT2D eigenvalue weighted by molar-refractivity contribution is 7.98. The molecule has 1 fully saturated rings. The van der Waals surface area contributed by atoms with Crippen molar-refractivity contribution in [1.82, 2.24) is 0 Å². The lowest BCUT2D eigenvalue weighted by Gasteiger charge is -2.43. The largest absolute Gasteiger partial charge is 0.467 e. The molecule has 0 amide bonds. The summed E-state index contributed by atoms with van der Waals surface area (Å²) in [5.41, 5.74) is 1.25. The van der Waals surface area contributed by atoms with Crippen LogP contribution in [0.4, 0.5) is 0 Å². The van der Waals surface area contributed by atoms with Gasteiger partial charge in [0, 0.05) is 24.7 Å². The van der Waals surface area contributed by atoms with Crippen LogP contribution in [0.1, 0.15) is 45.1 Å². The first-order valence-corrected chi connectivity index (χ1v) is 12.7. The molecular formula is C24H38O7S. The summed E-state index contributed by atoms with van der Waals surface area (Å²) >= 11 is 1.74. The highest BCUT2D eigenvalue weighted by Gasteiger charge is 2.50. The number of hydrogen-bond acceptors (Lipinski definition) is 8. The molecule has 0 spiro atoms. The number of esters is 1. The topological polar surface area (TPSA) is 83.5 Å². The van der Waals surface area contributed by atoms with Crippen LogP contribution in [0.2, 0.25) is 0 Å². The first kappa shape index (κ1) is 27.1. The Balaban J connectivity index is 1.98. The quantitative estimate of drug-likeness (QED) is 0.308. The normalized spacial score (nSPS) is 25.6. The van der Waals surface area contributed by atoms with Crippen LogP contribution in [-0.2, 0) is 34.2 Å². The van der Waals surface area contributed by atoms with Gasteiger partial charge in [-0.25, -0.2) is 4.79 Å². The van der Waals surface area contributed by atoms with Crippen LogP contribution in [0.3, 0.4) is 0 Å². The molecule has 1 aliphatic heterocycles. The zero-order chi connectivity index (χ0) is 23.2. The minimum absolute atomic E-state index is 0.401. The number of methoxy groups -OCH3 is 1. The second kappa shape index (κ2) is 15.6.